The number of hydrogen-bond donors (Lipinski definition) is 1. The number of anilines is 2. The molecule has 1 saturated heterocycles. The van der Waals surface area contributed by atoms with E-state index in [1.54, 1.807) is 35.9 Å². The summed E-state index contributed by atoms with van der Waals surface area (Å²) in [5.41, 5.74) is 1.84. The molecule has 0 atom stereocenters. The second-order valence-electron chi connectivity index (χ2n) is 6.36. The van der Waals surface area contributed by atoms with Gasteiger partial charge in [-0.15, -0.1) is 5.10 Å². The van der Waals surface area contributed by atoms with E-state index in [0.29, 0.717) is 35.4 Å². The molecule has 1 N–H and O–H groups in total. The van der Waals surface area contributed by atoms with Crippen molar-refractivity contribution in [2.45, 2.75) is 6.92 Å². The third kappa shape index (κ3) is 3.64. The van der Waals surface area contributed by atoms with Gasteiger partial charge in [0, 0.05) is 6.61 Å². The monoisotopic (exact) mass is 398 g/mol. The van der Waals surface area contributed by atoms with Crippen LogP contribution in [0.4, 0.5) is 20.7 Å². The molecule has 1 aromatic heterocycles. The Balaban J connectivity index is 1.85. The first-order chi connectivity index (χ1) is 14.1. The zero-order valence-electron chi connectivity index (χ0n) is 15.7. The van der Waals surface area contributed by atoms with E-state index in [0.717, 1.165) is 0 Å². The highest BCUT2D eigenvalue weighted by atomic mass is 19.1. The van der Waals surface area contributed by atoms with E-state index in [1.165, 1.54) is 17.0 Å². The van der Waals surface area contributed by atoms with Gasteiger partial charge in [0.25, 0.3) is 5.91 Å². The largest absolute Gasteiger partial charge is 0.447 e. The van der Waals surface area contributed by atoms with Crippen LogP contribution in [0.2, 0.25) is 0 Å². The Hall–Kier alpha value is -3.46. The van der Waals surface area contributed by atoms with Crippen molar-refractivity contribution in [3.63, 3.8) is 0 Å². The summed E-state index contributed by atoms with van der Waals surface area (Å²) in [6, 6.07) is 11.2. The Morgan fingerprint density at radius 3 is 2.76 bits per heavy atom. The molecule has 0 spiro atoms. The van der Waals surface area contributed by atoms with E-state index >= 15 is 0 Å². The van der Waals surface area contributed by atoms with E-state index in [-0.39, 0.29) is 30.8 Å². The van der Waals surface area contributed by atoms with Gasteiger partial charge in [-0.2, -0.15) is 0 Å². The van der Waals surface area contributed by atoms with Crippen LogP contribution < -0.4 is 10.2 Å². The Bertz CT molecular complexity index is 1060. The van der Waals surface area contributed by atoms with Crippen LogP contribution in [0.5, 0.6) is 0 Å². The molecule has 2 heterocycles. The molecule has 8 nitrogen and oxygen atoms in total. The van der Waals surface area contributed by atoms with Crippen LogP contribution in [-0.4, -0.2) is 48.1 Å². The fourth-order valence-electron chi connectivity index (χ4n) is 3.22. The molecule has 150 valence electrons. The predicted molar refractivity (Wildman–Crippen MR) is 105 cm³/mol. The average Bonchev–Trinajstić information content (AvgIpc) is 3.31. The van der Waals surface area contributed by atoms with Crippen LogP contribution in [0.3, 0.4) is 0 Å². The van der Waals surface area contributed by atoms with Gasteiger partial charge in [0.05, 0.1) is 28.8 Å². The number of aromatic nitrogens is 2. The molecule has 0 saturated carbocycles. The van der Waals surface area contributed by atoms with Crippen molar-refractivity contribution >= 4 is 34.4 Å². The van der Waals surface area contributed by atoms with Crippen molar-refractivity contribution in [2.24, 2.45) is 0 Å². The highest BCUT2D eigenvalue weighted by molar-refractivity contribution is 6.10. The molecule has 0 unspecified atom stereocenters. The van der Waals surface area contributed by atoms with Gasteiger partial charge in [-0.25, -0.2) is 13.9 Å². The second kappa shape index (κ2) is 7.88. The molecular weight excluding hydrogens is 379 g/mol. The minimum atomic E-state index is -0.460. The number of rotatable bonds is 6. The van der Waals surface area contributed by atoms with Crippen molar-refractivity contribution in [3.8, 4) is 5.69 Å². The number of carbonyl (C=O) groups is 2. The smallest absolute Gasteiger partial charge is 0.414 e. The summed E-state index contributed by atoms with van der Waals surface area (Å²) >= 11 is 0. The van der Waals surface area contributed by atoms with Gasteiger partial charge in [-0.3, -0.25) is 9.69 Å². The number of benzene rings is 2. The van der Waals surface area contributed by atoms with Crippen molar-refractivity contribution in [3.05, 3.63) is 48.3 Å². The molecule has 1 aliphatic heterocycles. The standard InChI is InChI=1S/C20H19FN4O4/c1-2-28-12-17(26)22-19-18-15(24-10-11-29-20(24)27)4-3-5-16(18)25(23-19)14-8-6-13(21)7-9-14/h3-9H,2,10-12H2,1H3,(H,22,23,26). The van der Waals surface area contributed by atoms with Gasteiger partial charge in [0.2, 0.25) is 0 Å². The normalized spacial score (nSPS) is 13.7. The summed E-state index contributed by atoms with van der Waals surface area (Å²) in [5, 5.41) is 7.86. The van der Waals surface area contributed by atoms with Gasteiger partial charge in [0.15, 0.2) is 5.82 Å². The number of ether oxygens (including phenoxy) is 2. The zero-order valence-corrected chi connectivity index (χ0v) is 15.7. The number of amides is 2. The fraction of sp³-hybridized carbons (Fsp3) is 0.250. The summed E-state index contributed by atoms with van der Waals surface area (Å²) in [5.74, 6) is -0.448. The number of cyclic esters (lactones) is 1. The first-order valence-corrected chi connectivity index (χ1v) is 9.18. The molecule has 0 radical (unpaired) electrons. The predicted octanol–water partition coefficient (Wildman–Crippen LogP) is 3.10. The number of nitrogens with one attached hydrogen (secondary N) is 1. The molecule has 0 aliphatic carbocycles. The van der Waals surface area contributed by atoms with Gasteiger partial charge in [-0.1, -0.05) is 6.07 Å². The van der Waals surface area contributed by atoms with Crippen LogP contribution in [0, 0.1) is 5.82 Å². The van der Waals surface area contributed by atoms with Crippen LogP contribution in [0.15, 0.2) is 42.5 Å². The van der Waals surface area contributed by atoms with Crippen molar-refractivity contribution in [1.29, 1.82) is 0 Å². The molecule has 2 aromatic carbocycles. The van der Waals surface area contributed by atoms with Crippen molar-refractivity contribution < 1.29 is 23.5 Å². The second-order valence-corrected chi connectivity index (χ2v) is 6.36. The highest BCUT2D eigenvalue weighted by Gasteiger charge is 2.28. The summed E-state index contributed by atoms with van der Waals surface area (Å²) < 4.78 is 25.2. The number of hydrogen-bond acceptors (Lipinski definition) is 5. The summed E-state index contributed by atoms with van der Waals surface area (Å²) in [6.07, 6.45) is -0.460. The SMILES string of the molecule is CCOCC(=O)Nc1nn(-c2ccc(F)cc2)c2cccc(N3CCOC3=O)c12. The molecule has 2 amide bonds. The summed E-state index contributed by atoms with van der Waals surface area (Å²) in [4.78, 5) is 25.9. The summed E-state index contributed by atoms with van der Waals surface area (Å²) in [6.45, 7) is 2.76. The van der Waals surface area contributed by atoms with Crippen LogP contribution in [0.25, 0.3) is 16.6 Å². The zero-order chi connectivity index (χ0) is 20.4. The number of nitrogens with zero attached hydrogens (tertiary/aromatic N) is 3. The minimum Gasteiger partial charge on any atom is -0.447 e. The van der Waals surface area contributed by atoms with E-state index in [2.05, 4.69) is 10.4 Å². The lowest BCUT2D eigenvalue weighted by molar-refractivity contribution is -0.120. The van der Waals surface area contributed by atoms with Crippen LogP contribution in [0.1, 0.15) is 6.92 Å². The lowest BCUT2D eigenvalue weighted by Crippen LogP contribution is -2.24. The van der Waals surface area contributed by atoms with E-state index in [4.69, 9.17) is 9.47 Å². The van der Waals surface area contributed by atoms with Crippen LogP contribution in [-0.2, 0) is 14.3 Å². The molecule has 1 fully saturated rings. The topological polar surface area (TPSA) is 85.7 Å². The molecule has 4 rings (SSSR count). The maximum absolute atomic E-state index is 13.4. The van der Waals surface area contributed by atoms with E-state index < -0.39 is 6.09 Å². The maximum atomic E-state index is 13.4. The average molecular weight is 398 g/mol. The Morgan fingerprint density at radius 2 is 2.07 bits per heavy atom. The van der Waals surface area contributed by atoms with Gasteiger partial charge >= 0.3 is 6.09 Å². The third-order valence-corrected chi connectivity index (χ3v) is 4.50. The lowest BCUT2D eigenvalue weighted by Gasteiger charge is -2.14. The molecular formula is C20H19FN4O4. The molecule has 29 heavy (non-hydrogen) atoms. The number of carbonyl (C=O) groups excluding carboxylic acids is 2. The Morgan fingerprint density at radius 1 is 1.28 bits per heavy atom. The fourth-order valence-corrected chi connectivity index (χ4v) is 3.22. The van der Waals surface area contributed by atoms with Gasteiger partial charge in [0.1, 0.15) is 19.0 Å². The third-order valence-electron chi connectivity index (χ3n) is 4.50. The molecule has 3 aromatic rings. The van der Waals surface area contributed by atoms with Crippen molar-refractivity contribution in [2.75, 3.05) is 36.6 Å². The number of halogens is 1. The maximum Gasteiger partial charge on any atom is 0.414 e. The molecule has 1 aliphatic rings. The summed E-state index contributed by atoms with van der Waals surface area (Å²) in [7, 11) is 0. The van der Waals surface area contributed by atoms with Gasteiger partial charge in [-0.05, 0) is 43.3 Å². The Labute approximate surface area is 165 Å². The van der Waals surface area contributed by atoms with Crippen LogP contribution >= 0.6 is 0 Å². The van der Waals surface area contributed by atoms with Gasteiger partial charge < -0.3 is 14.8 Å². The first-order valence-electron chi connectivity index (χ1n) is 9.18. The lowest BCUT2D eigenvalue weighted by atomic mass is 10.2. The number of fused-ring (bicyclic) bond motifs is 1. The van der Waals surface area contributed by atoms with Crippen molar-refractivity contribution in [1.82, 2.24) is 9.78 Å². The van der Waals surface area contributed by atoms with E-state index in [9.17, 15) is 14.0 Å². The molecule has 0 bridgehead atoms. The van der Waals surface area contributed by atoms with E-state index in [1.807, 2.05) is 6.07 Å². The first kappa shape index (κ1) is 18.9. The quantitative estimate of drug-likeness (QED) is 0.690. The molecule has 9 heteroatoms. The Kier molecular flexibility index (Phi) is 5.13. The minimum absolute atomic E-state index is 0.116. The highest BCUT2D eigenvalue weighted by Crippen LogP contribution is 2.35.